The highest BCUT2D eigenvalue weighted by molar-refractivity contribution is 4.99. The Balaban J connectivity index is 2.53. The van der Waals surface area contributed by atoms with Crippen molar-refractivity contribution in [1.29, 1.82) is 0 Å². The van der Waals surface area contributed by atoms with Crippen LogP contribution in [-0.2, 0) is 4.74 Å². The lowest BCUT2D eigenvalue weighted by Gasteiger charge is -2.31. The molecule has 2 unspecified atom stereocenters. The van der Waals surface area contributed by atoms with Crippen LogP contribution in [0.4, 0.5) is 0 Å². The van der Waals surface area contributed by atoms with E-state index in [9.17, 15) is 5.11 Å². The van der Waals surface area contributed by atoms with Crippen molar-refractivity contribution < 1.29 is 9.84 Å². The lowest BCUT2D eigenvalue weighted by atomic mass is 9.93. The van der Waals surface area contributed by atoms with E-state index in [0.717, 1.165) is 19.3 Å². The molecule has 0 bridgehead atoms. The van der Waals surface area contributed by atoms with Crippen molar-refractivity contribution in [2.75, 3.05) is 6.54 Å². The molecule has 3 nitrogen and oxygen atoms in total. The SMILES string of the molecule is CCCC(C)(O)CNC1CC(C)(C)OC1(C)C. The van der Waals surface area contributed by atoms with Gasteiger partial charge in [0.25, 0.3) is 0 Å². The van der Waals surface area contributed by atoms with Gasteiger partial charge in [-0.05, 0) is 47.5 Å². The molecule has 1 fully saturated rings. The highest BCUT2D eigenvalue weighted by Gasteiger charge is 2.45. The van der Waals surface area contributed by atoms with Gasteiger partial charge in [0.15, 0.2) is 0 Å². The van der Waals surface area contributed by atoms with Gasteiger partial charge in [0.1, 0.15) is 0 Å². The van der Waals surface area contributed by atoms with Crippen LogP contribution >= 0.6 is 0 Å². The maximum atomic E-state index is 10.2. The van der Waals surface area contributed by atoms with Gasteiger partial charge in [-0.1, -0.05) is 13.3 Å². The molecule has 2 N–H and O–H groups in total. The fourth-order valence-electron chi connectivity index (χ4n) is 2.85. The van der Waals surface area contributed by atoms with Crippen LogP contribution in [0.2, 0.25) is 0 Å². The van der Waals surface area contributed by atoms with Crippen molar-refractivity contribution in [3.8, 4) is 0 Å². The Bertz CT molecular complexity index is 259. The fraction of sp³-hybridized carbons (Fsp3) is 1.00. The van der Waals surface area contributed by atoms with Gasteiger partial charge >= 0.3 is 0 Å². The van der Waals surface area contributed by atoms with E-state index >= 15 is 0 Å². The van der Waals surface area contributed by atoms with E-state index in [2.05, 4.69) is 39.9 Å². The van der Waals surface area contributed by atoms with Crippen molar-refractivity contribution in [2.45, 2.75) is 83.6 Å². The van der Waals surface area contributed by atoms with Crippen LogP contribution in [-0.4, -0.2) is 34.5 Å². The molecule has 0 saturated carbocycles. The first-order valence-corrected chi connectivity index (χ1v) is 6.74. The minimum absolute atomic E-state index is 0.0716. The maximum absolute atomic E-state index is 10.2. The zero-order valence-corrected chi connectivity index (χ0v) is 12.3. The summed E-state index contributed by atoms with van der Waals surface area (Å²) in [5.74, 6) is 0. The molecule has 1 saturated heterocycles. The lowest BCUT2D eigenvalue weighted by molar-refractivity contribution is -0.0710. The zero-order chi connectivity index (χ0) is 13.3. The van der Waals surface area contributed by atoms with Gasteiger partial charge in [-0.15, -0.1) is 0 Å². The van der Waals surface area contributed by atoms with Crippen molar-refractivity contribution in [3.63, 3.8) is 0 Å². The van der Waals surface area contributed by atoms with Crippen LogP contribution < -0.4 is 5.32 Å². The van der Waals surface area contributed by atoms with Crippen LogP contribution in [0.15, 0.2) is 0 Å². The molecule has 102 valence electrons. The molecule has 0 aromatic carbocycles. The van der Waals surface area contributed by atoms with Gasteiger partial charge in [-0.25, -0.2) is 0 Å². The quantitative estimate of drug-likeness (QED) is 0.779. The number of hydrogen-bond donors (Lipinski definition) is 2. The molecule has 0 spiro atoms. The van der Waals surface area contributed by atoms with E-state index in [4.69, 9.17) is 4.74 Å². The summed E-state index contributed by atoms with van der Waals surface area (Å²) in [4.78, 5) is 0. The summed E-state index contributed by atoms with van der Waals surface area (Å²) in [5.41, 5.74) is -0.846. The molecule has 2 atom stereocenters. The smallest absolute Gasteiger partial charge is 0.0787 e. The number of aliphatic hydroxyl groups is 1. The Morgan fingerprint density at radius 3 is 2.35 bits per heavy atom. The average molecular weight is 243 g/mol. The van der Waals surface area contributed by atoms with E-state index in [1.54, 1.807) is 0 Å². The Morgan fingerprint density at radius 1 is 1.35 bits per heavy atom. The Kier molecular flexibility index (Phi) is 4.28. The standard InChI is InChI=1S/C14H29NO2/c1-7-8-14(6,16)10-15-11-9-12(2,3)17-13(11,4)5/h11,15-16H,7-10H2,1-6H3. The summed E-state index contributed by atoms with van der Waals surface area (Å²) in [7, 11) is 0. The molecule has 1 rings (SSSR count). The van der Waals surface area contributed by atoms with Crippen molar-refractivity contribution in [2.24, 2.45) is 0 Å². The largest absolute Gasteiger partial charge is 0.389 e. The first-order chi connectivity index (χ1) is 7.58. The van der Waals surface area contributed by atoms with Crippen LogP contribution in [0.25, 0.3) is 0 Å². The zero-order valence-electron chi connectivity index (χ0n) is 12.3. The summed E-state index contributed by atoms with van der Waals surface area (Å²) < 4.78 is 6.03. The second kappa shape index (κ2) is 4.87. The molecule has 0 aromatic heterocycles. The first kappa shape index (κ1) is 14.9. The Hall–Kier alpha value is -0.120. The van der Waals surface area contributed by atoms with Crippen LogP contribution in [0.1, 0.15) is 60.8 Å². The predicted octanol–water partition coefficient (Wildman–Crippen LogP) is 2.47. The van der Waals surface area contributed by atoms with Gasteiger partial charge in [-0.3, -0.25) is 0 Å². The highest BCUT2D eigenvalue weighted by Crippen LogP contribution is 2.37. The molecular formula is C14H29NO2. The second-order valence-electron chi connectivity index (χ2n) is 6.85. The maximum Gasteiger partial charge on any atom is 0.0787 e. The predicted molar refractivity (Wildman–Crippen MR) is 71.2 cm³/mol. The second-order valence-corrected chi connectivity index (χ2v) is 6.85. The van der Waals surface area contributed by atoms with Gasteiger partial charge in [0.2, 0.25) is 0 Å². The number of nitrogens with one attached hydrogen (secondary N) is 1. The third kappa shape index (κ3) is 4.23. The average Bonchev–Trinajstić information content (AvgIpc) is 2.30. The van der Waals surface area contributed by atoms with E-state index in [0.29, 0.717) is 12.6 Å². The fourth-order valence-corrected chi connectivity index (χ4v) is 2.85. The van der Waals surface area contributed by atoms with Gasteiger partial charge in [0, 0.05) is 12.6 Å². The summed E-state index contributed by atoms with van der Waals surface area (Å²) in [6, 6.07) is 0.306. The highest BCUT2D eigenvalue weighted by atomic mass is 16.5. The Morgan fingerprint density at radius 2 is 1.94 bits per heavy atom. The van der Waals surface area contributed by atoms with Crippen molar-refractivity contribution in [3.05, 3.63) is 0 Å². The van der Waals surface area contributed by atoms with Crippen molar-refractivity contribution >= 4 is 0 Å². The molecule has 0 aliphatic carbocycles. The van der Waals surface area contributed by atoms with Gasteiger partial charge in [0.05, 0.1) is 16.8 Å². The number of hydrogen-bond acceptors (Lipinski definition) is 3. The van der Waals surface area contributed by atoms with Crippen LogP contribution in [0, 0.1) is 0 Å². The minimum Gasteiger partial charge on any atom is -0.389 e. The molecule has 0 radical (unpaired) electrons. The molecule has 1 heterocycles. The number of ether oxygens (including phenoxy) is 1. The molecule has 0 amide bonds. The van der Waals surface area contributed by atoms with E-state index in [-0.39, 0.29) is 11.2 Å². The minimum atomic E-state index is -0.614. The van der Waals surface area contributed by atoms with E-state index < -0.39 is 5.60 Å². The summed E-state index contributed by atoms with van der Waals surface area (Å²) in [5, 5.41) is 13.6. The first-order valence-electron chi connectivity index (χ1n) is 6.74. The normalized spacial score (nSPS) is 30.2. The van der Waals surface area contributed by atoms with Crippen molar-refractivity contribution in [1.82, 2.24) is 5.32 Å². The molecule has 0 aromatic rings. The van der Waals surface area contributed by atoms with Gasteiger partial charge < -0.3 is 15.2 Å². The molecule has 17 heavy (non-hydrogen) atoms. The molecule has 1 aliphatic heterocycles. The van der Waals surface area contributed by atoms with E-state index in [1.807, 2.05) is 6.92 Å². The summed E-state index contributed by atoms with van der Waals surface area (Å²) in [6.45, 7) is 13.1. The monoisotopic (exact) mass is 243 g/mol. The molecule has 1 aliphatic rings. The van der Waals surface area contributed by atoms with Gasteiger partial charge in [-0.2, -0.15) is 0 Å². The Labute approximate surface area is 106 Å². The molecule has 3 heteroatoms. The topological polar surface area (TPSA) is 41.5 Å². The van der Waals surface area contributed by atoms with E-state index in [1.165, 1.54) is 0 Å². The molecular weight excluding hydrogens is 214 g/mol. The van der Waals surface area contributed by atoms with Crippen LogP contribution in [0.3, 0.4) is 0 Å². The summed E-state index contributed by atoms with van der Waals surface area (Å²) >= 11 is 0. The number of rotatable bonds is 5. The summed E-state index contributed by atoms with van der Waals surface area (Å²) in [6.07, 6.45) is 2.82. The van der Waals surface area contributed by atoms with Crippen LogP contribution in [0.5, 0.6) is 0 Å². The third-order valence-electron chi connectivity index (χ3n) is 3.59. The third-order valence-corrected chi connectivity index (χ3v) is 3.59. The lowest BCUT2D eigenvalue weighted by Crippen LogP contribution is -2.49.